The highest BCUT2D eigenvalue weighted by atomic mass is 32.2. The van der Waals surface area contributed by atoms with E-state index in [1.165, 1.54) is 9.87 Å². The maximum absolute atomic E-state index is 12.7. The second kappa shape index (κ2) is 7.94. The quantitative estimate of drug-likeness (QED) is 0.812. The summed E-state index contributed by atoms with van der Waals surface area (Å²) < 4.78 is 26.8. The molecule has 1 atom stereocenters. The molecule has 8 heteroatoms. The lowest BCUT2D eigenvalue weighted by molar-refractivity contribution is -0.129. The van der Waals surface area contributed by atoms with Crippen LogP contribution < -0.4 is 10.2 Å². The van der Waals surface area contributed by atoms with Crippen LogP contribution in [-0.2, 0) is 14.8 Å². The first-order chi connectivity index (χ1) is 12.3. The van der Waals surface area contributed by atoms with Crippen molar-refractivity contribution in [3.63, 3.8) is 0 Å². The monoisotopic (exact) mass is 380 g/mol. The highest BCUT2D eigenvalue weighted by molar-refractivity contribution is 7.89. The number of nitrogens with zero attached hydrogens (tertiary/aromatic N) is 3. The number of carbonyl (C=O) groups is 1. The topological polar surface area (TPSA) is 73.0 Å². The molecule has 0 aromatic heterocycles. The SMILES string of the molecule is Cc1cccc(N2CCN(S(=O)(=O)CC(=O)N3CCN[C@H](C)C3)CC2)c1. The van der Waals surface area contributed by atoms with Crippen LogP contribution in [0.2, 0.25) is 0 Å². The number of hydrogen-bond acceptors (Lipinski definition) is 5. The molecule has 144 valence electrons. The maximum atomic E-state index is 12.7. The van der Waals surface area contributed by atoms with Crippen molar-refractivity contribution >= 4 is 21.6 Å². The van der Waals surface area contributed by atoms with Gasteiger partial charge in [-0.05, 0) is 31.5 Å². The van der Waals surface area contributed by atoms with Crippen molar-refractivity contribution in [2.45, 2.75) is 19.9 Å². The van der Waals surface area contributed by atoms with Gasteiger partial charge in [-0.1, -0.05) is 12.1 Å². The van der Waals surface area contributed by atoms with E-state index < -0.39 is 15.8 Å². The van der Waals surface area contributed by atoms with Crippen molar-refractivity contribution < 1.29 is 13.2 Å². The van der Waals surface area contributed by atoms with Crippen LogP contribution in [0.4, 0.5) is 5.69 Å². The molecular formula is C18H28N4O3S. The van der Waals surface area contributed by atoms with Crippen LogP contribution in [-0.4, -0.2) is 81.1 Å². The Kier molecular flexibility index (Phi) is 5.84. The largest absolute Gasteiger partial charge is 0.369 e. The van der Waals surface area contributed by atoms with Gasteiger partial charge in [0.05, 0.1) is 0 Å². The number of nitrogens with one attached hydrogen (secondary N) is 1. The predicted octanol–water partition coefficient (Wildman–Crippen LogP) is 0.267. The molecule has 0 spiro atoms. The number of carbonyl (C=O) groups excluding carboxylic acids is 1. The van der Waals surface area contributed by atoms with Gasteiger partial charge in [0.2, 0.25) is 15.9 Å². The smallest absolute Gasteiger partial charge is 0.239 e. The normalized spacial score (nSPS) is 22.5. The Morgan fingerprint density at radius 3 is 2.58 bits per heavy atom. The lowest BCUT2D eigenvalue weighted by Gasteiger charge is -2.36. The molecule has 0 aliphatic carbocycles. The Hall–Kier alpha value is -1.64. The number of hydrogen-bond donors (Lipinski definition) is 1. The van der Waals surface area contributed by atoms with Gasteiger partial charge in [-0.2, -0.15) is 4.31 Å². The molecule has 1 aromatic carbocycles. The molecule has 0 saturated carbocycles. The fourth-order valence-corrected chi connectivity index (χ4v) is 4.94. The summed E-state index contributed by atoms with van der Waals surface area (Å²) in [7, 11) is -3.57. The molecule has 2 saturated heterocycles. The minimum Gasteiger partial charge on any atom is -0.369 e. The van der Waals surface area contributed by atoms with Gasteiger partial charge < -0.3 is 15.1 Å². The highest BCUT2D eigenvalue weighted by Gasteiger charge is 2.31. The number of sulfonamides is 1. The number of anilines is 1. The molecule has 2 heterocycles. The average Bonchev–Trinajstić information content (AvgIpc) is 2.61. The van der Waals surface area contributed by atoms with Crippen LogP contribution >= 0.6 is 0 Å². The molecule has 1 N–H and O–H groups in total. The third-order valence-corrected chi connectivity index (χ3v) is 6.79. The van der Waals surface area contributed by atoms with Crippen LogP contribution in [0.25, 0.3) is 0 Å². The van der Waals surface area contributed by atoms with Gasteiger partial charge in [-0.25, -0.2) is 8.42 Å². The zero-order valence-electron chi connectivity index (χ0n) is 15.5. The third-order valence-electron chi connectivity index (χ3n) is 5.03. The maximum Gasteiger partial charge on any atom is 0.239 e. The fraction of sp³-hybridized carbons (Fsp3) is 0.611. The van der Waals surface area contributed by atoms with Crippen molar-refractivity contribution in [3.05, 3.63) is 29.8 Å². The van der Waals surface area contributed by atoms with E-state index in [0.29, 0.717) is 45.8 Å². The third kappa shape index (κ3) is 4.55. The van der Waals surface area contributed by atoms with Crippen molar-refractivity contribution in [1.82, 2.24) is 14.5 Å². The van der Waals surface area contributed by atoms with E-state index in [2.05, 4.69) is 16.3 Å². The van der Waals surface area contributed by atoms with E-state index in [4.69, 9.17) is 0 Å². The lowest BCUT2D eigenvalue weighted by atomic mass is 10.2. The van der Waals surface area contributed by atoms with Gasteiger partial charge in [-0.3, -0.25) is 4.79 Å². The molecule has 3 rings (SSSR count). The molecule has 2 aliphatic rings. The Morgan fingerprint density at radius 1 is 1.19 bits per heavy atom. The molecule has 1 amide bonds. The van der Waals surface area contributed by atoms with Gasteiger partial charge in [0.1, 0.15) is 5.75 Å². The molecule has 2 fully saturated rings. The first kappa shape index (κ1) is 19.1. The van der Waals surface area contributed by atoms with E-state index >= 15 is 0 Å². The number of piperazine rings is 2. The summed E-state index contributed by atoms with van der Waals surface area (Å²) in [6, 6.07) is 8.42. The Morgan fingerprint density at radius 2 is 1.92 bits per heavy atom. The van der Waals surface area contributed by atoms with Gasteiger partial charge in [-0.15, -0.1) is 0 Å². The summed E-state index contributed by atoms with van der Waals surface area (Å²) in [5, 5.41) is 3.26. The van der Waals surface area contributed by atoms with Gasteiger partial charge in [0.15, 0.2) is 0 Å². The van der Waals surface area contributed by atoms with Crippen LogP contribution in [0.15, 0.2) is 24.3 Å². The molecule has 0 radical (unpaired) electrons. The summed E-state index contributed by atoms with van der Waals surface area (Å²) in [5.41, 5.74) is 2.31. The van der Waals surface area contributed by atoms with E-state index in [1.54, 1.807) is 4.90 Å². The van der Waals surface area contributed by atoms with Crippen LogP contribution in [0.1, 0.15) is 12.5 Å². The fourth-order valence-electron chi connectivity index (χ4n) is 3.55. The molecule has 26 heavy (non-hydrogen) atoms. The van der Waals surface area contributed by atoms with E-state index in [0.717, 1.165) is 5.69 Å². The Bertz CT molecular complexity index is 745. The molecule has 7 nitrogen and oxygen atoms in total. The summed E-state index contributed by atoms with van der Waals surface area (Å²) in [4.78, 5) is 16.3. The standard InChI is InChI=1S/C18H28N4O3S/c1-15-4-3-5-17(12-15)20-8-10-22(11-9-20)26(24,25)14-18(23)21-7-6-19-16(2)13-21/h3-5,12,16,19H,6-11,13-14H2,1-2H3/t16-/m1/s1. The second-order valence-corrected chi connectivity index (χ2v) is 9.15. The summed E-state index contributed by atoms with van der Waals surface area (Å²) in [5.74, 6) is -0.719. The minimum atomic E-state index is -3.57. The Balaban J connectivity index is 1.56. The molecule has 0 bridgehead atoms. The van der Waals surface area contributed by atoms with Crippen molar-refractivity contribution in [2.75, 3.05) is 56.5 Å². The lowest BCUT2D eigenvalue weighted by Crippen LogP contribution is -2.54. The molecule has 0 unspecified atom stereocenters. The highest BCUT2D eigenvalue weighted by Crippen LogP contribution is 2.19. The Labute approximate surface area is 156 Å². The predicted molar refractivity (Wildman–Crippen MR) is 103 cm³/mol. The van der Waals surface area contributed by atoms with Gasteiger partial charge >= 0.3 is 0 Å². The zero-order chi connectivity index (χ0) is 18.7. The second-order valence-electron chi connectivity index (χ2n) is 7.18. The number of benzene rings is 1. The van der Waals surface area contributed by atoms with E-state index in [1.807, 2.05) is 32.0 Å². The summed E-state index contributed by atoms with van der Waals surface area (Å²) >= 11 is 0. The first-order valence-corrected chi connectivity index (χ1v) is 10.8. The van der Waals surface area contributed by atoms with Crippen LogP contribution in [0.3, 0.4) is 0 Å². The van der Waals surface area contributed by atoms with Crippen LogP contribution in [0.5, 0.6) is 0 Å². The number of amides is 1. The van der Waals surface area contributed by atoms with Gasteiger partial charge in [0.25, 0.3) is 0 Å². The van der Waals surface area contributed by atoms with Crippen molar-refractivity contribution in [3.8, 4) is 0 Å². The molecular weight excluding hydrogens is 352 g/mol. The number of aryl methyl sites for hydroxylation is 1. The summed E-state index contributed by atoms with van der Waals surface area (Å²) in [6.45, 7) is 8.01. The van der Waals surface area contributed by atoms with E-state index in [-0.39, 0.29) is 11.9 Å². The zero-order valence-corrected chi connectivity index (χ0v) is 16.3. The van der Waals surface area contributed by atoms with Crippen molar-refractivity contribution in [2.24, 2.45) is 0 Å². The first-order valence-electron chi connectivity index (χ1n) is 9.16. The minimum absolute atomic E-state index is 0.202. The van der Waals surface area contributed by atoms with E-state index in [9.17, 15) is 13.2 Å². The number of rotatable bonds is 4. The average molecular weight is 381 g/mol. The molecule has 1 aromatic rings. The molecule has 2 aliphatic heterocycles. The van der Waals surface area contributed by atoms with Crippen LogP contribution in [0, 0.1) is 6.92 Å². The van der Waals surface area contributed by atoms with Gasteiger partial charge in [0, 0.05) is 57.5 Å². The van der Waals surface area contributed by atoms with Crippen molar-refractivity contribution in [1.29, 1.82) is 0 Å². The summed E-state index contributed by atoms with van der Waals surface area (Å²) in [6.07, 6.45) is 0.